The highest BCUT2D eigenvalue weighted by Gasteiger charge is 2.28. The first-order valence-electron chi connectivity index (χ1n) is 7.89. The molecule has 0 bridgehead atoms. The van der Waals surface area contributed by atoms with Crippen molar-refractivity contribution in [2.45, 2.75) is 45.1 Å². The van der Waals surface area contributed by atoms with Gasteiger partial charge in [-0.25, -0.2) is 0 Å². The Morgan fingerprint density at radius 1 is 1.30 bits per heavy atom. The van der Waals surface area contributed by atoms with Crippen LogP contribution in [0.2, 0.25) is 0 Å². The molecule has 0 spiro atoms. The lowest BCUT2D eigenvalue weighted by Crippen LogP contribution is -2.41. The zero-order valence-corrected chi connectivity index (χ0v) is 12.7. The molecule has 1 aliphatic heterocycles. The molecule has 1 heterocycles. The second-order valence-electron chi connectivity index (χ2n) is 5.42. The molecule has 0 aromatic heterocycles. The fourth-order valence-electron chi connectivity index (χ4n) is 2.79. The molecule has 2 atom stereocenters. The van der Waals surface area contributed by atoms with E-state index < -0.39 is 0 Å². The van der Waals surface area contributed by atoms with Crippen LogP contribution in [0, 0.1) is 0 Å². The Balaban J connectivity index is 2.07. The van der Waals surface area contributed by atoms with Gasteiger partial charge in [-0.2, -0.15) is 0 Å². The summed E-state index contributed by atoms with van der Waals surface area (Å²) in [5, 5.41) is 3.66. The van der Waals surface area contributed by atoms with E-state index in [1.165, 1.54) is 5.56 Å². The van der Waals surface area contributed by atoms with Crippen molar-refractivity contribution in [1.82, 2.24) is 5.32 Å². The van der Waals surface area contributed by atoms with Crippen LogP contribution in [0.5, 0.6) is 5.75 Å². The van der Waals surface area contributed by atoms with Gasteiger partial charge in [0, 0.05) is 18.6 Å². The maximum atomic E-state index is 5.81. The molecule has 1 aromatic rings. The van der Waals surface area contributed by atoms with Gasteiger partial charge in [0.1, 0.15) is 5.75 Å². The smallest absolute Gasteiger partial charge is 0.122 e. The maximum Gasteiger partial charge on any atom is 0.122 e. The van der Waals surface area contributed by atoms with Crippen LogP contribution in [-0.2, 0) is 4.74 Å². The van der Waals surface area contributed by atoms with E-state index in [1.807, 2.05) is 6.07 Å². The Morgan fingerprint density at radius 3 is 2.95 bits per heavy atom. The molecule has 1 N–H and O–H groups in total. The lowest BCUT2D eigenvalue weighted by atomic mass is 9.87. The van der Waals surface area contributed by atoms with E-state index in [9.17, 15) is 0 Å². The molecule has 20 heavy (non-hydrogen) atoms. The Labute approximate surface area is 122 Å². The third kappa shape index (κ3) is 3.97. The molecule has 3 nitrogen and oxygen atoms in total. The zero-order chi connectivity index (χ0) is 14.2. The van der Waals surface area contributed by atoms with Gasteiger partial charge >= 0.3 is 0 Å². The highest BCUT2D eigenvalue weighted by Crippen LogP contribution is 2.35. The summed E-state index contributed by atoms with van der Waals surface area (Å²) < 4.78 is 11.6. The minimum absolute atomic E-state index is 0.381. The van der Waals surface area contributed by atoms with Crippen LogP contribution in [-0.4, -0.2) is 32.4 Å². The molecule has 0 aliphatic carbocycles. The predicted molar refractivity (Wildman–Crippen MR) is 82.5 cm³/mol. The summed E-state index contributed by atoms with van der Waals surface area (Å²) in [4.78, 5) is 0. The van der Waals surface area contributed by atoms with E-state index in [0.717, 1.165) is 51.4 Å². The lowest BCUT2D eigenvalue weighted by Gasteiger charge is -2.33. The average Bonchev–Trinajstić information content (AvgIpc) is 2.50. The van der Waals surface area contributed by atoms with Crippen molar-refractivity contribution in [3.63, 3.8) is 0 Å². The fourth-order valence-corrected chi connectivity index (χ4v) is 2.79. The minimum atomic E-state index is 0.381. The standard InChI is InChI=1S/C17H27NO2/c1-3-10-18-16(13-19-11-4-2)14-9-12-20-17-8-6-5-7-15(14)17/h5-8,14,16,18H,3-4,9-13H2,1-2H3. The molecular formula is C17H27NO2. The Kier molecular flexibility index (Phi) is 6.34. The summed E-state index contributed by atoms with van der Waals surface area (Å²) in [5.74, 6) is 1.53. The monoisotopic (exact) mass is 277 g/mol. The van der Waals surface area contributed by atoms with Crippen LogP contribution in [0.4, 0.5) is 0 Å². The molecule has 2 unspecified atom stereocenters. The number of nitrogens with one attached hydrogen (secondary N) is 1. The first-order valence-corrected chi connectivity index (χ1v) is 7.89. The lowest BCUT2D eigenvalue weighted by molar-refractivity contribution is 0.0967. The van der Waals surface area contributed by atoms with Gasteiger partial charge in [-0.3, -0.25) is 0 Å². The highest BCUT2D eigenvalue weighted by atomic mass is 16.5. The summed E-state index contributed by atoms with van der Waals surface area (Å²) in [5.41, 5.74) is 1.33. The van der Waals surface area contributed by atoms with E-state index in [1.54, 1.807) is 0 Å². The van der Waals surface area contributed by atoms with Gasteiger partial charge in [-0.15, -0.1) is 0 Å². The largest absolute Gasteiger partial charge is 0.493 e. The molecule has 0 fully saturated rings. The Hall–Kier alpha value is -1.06. The number of para-hydroxylation sites is 1. The van der Waals surface area contributed by atoms with E-state index in [-0.39, 0.29) is 0 Å². The first kappa shape index (κ1) is 15.3. The van der Waals surface area contributed by atoms with Gasteiger partial charge < -0.3 is 14.8 Å². The second-order valence-corrected chi connectivity index (χ2v) is 5.42. The fraction of sp³-hybridized carbons (Fsp3) is 0.647. The maximum absolute atomic E-state index is 5.81. The van der Waals surface area contributed by atoms with Crippen LogP contribution in [0.25, 0.3) is 0 Å². The van der Waals surface area contributed by atoms with Crippen LogP contribution in [0.3, 0.4) is 0 Å². The SMILES string of the molecule is CCCNC(COCCC)C1CCOc2ccccc21. The van der Waals surface area contributed by atoms with Crippen molar-refractivity contribution in [3.05, 3.63) is 29.8 Å². The van der Waals surface area contributed by atoms with E-state index >= 15 is 0 Å². The normalized spacial score (nSPS) is 19.2. The number of rotatable bonds is 8. The molecule has 1 aromatic carbocycles. The Morgan fingerprint density at radius 2 is 2.15 bits per heavy atom. The van der Waals surface area contributed by atoms with Crippen molar-refractivity contribution < 1.29 is 9.47 Å². The number of benzene rings is 1. The summed E-state index contributed by atoms with van der Waals surface area (Å²) >= 11 is 0. The molecule has 0 saturated heterocycles. The third-order valence-electron chi connectivity index (χ3n) is 3.79. The predicted octanol–water partition coefficient (Wildman–Crippen LogP) is 3.35. The van der Waals surface area contributed by atoms with Crippen LogP contribution >= 0.6 is 0 Å². The minimum Gasteiger partial charge on any atom is -0.493 e. The first-order chi connectivity index (χ1) is 9.86. The highest BCUT2D eigenvalue weighted by molar-refractivity contribution is 5.38. The molecular weight excluding hydrogens is 250 g/mol. The summed E-state index contributed by atoms with van der Waals surface area (Å²) in [6, 6.07) is 8.80. The van der Waals surface area contributed by atoms with Crippen molar-refractivity contribution in [1.29, 1.82) is 0 Å². The number of fused-ring (bicyclic) bond motifs is 1. The van der Waals surface area contributed by atoms with Gasteiger partial charge in [-0.1, -0.05) is 32.0 Å². The van der Waals surface area contributed by atoms with Crippen molar-refractivity contribution in [2.24, 2.45) is 0 Å². The number of hydrogen-bond acceptors (Lipinski definition) is 3. The van der Waals surface area contributed by atoms with Crippen molar-refractivity contribution in [2.75, 3.05) is 26.4 Å². The molecule has 2 rings (SSSR count). The molecule has 3 heteroatoms. The number of ether oxygens (including phenoxy) is 2. The molecule has 0 radical (unpaired) electrons. The quantitative estimate of drug-likeness (QED) is 0.739. The van der Waals surface area contributed by atoms with Gasteiger partial charge in [0.25, 0.3) is 0 Å². The van der Waals surface area contributed by atoms with Crippen molar-refractivity contribution in [3.8, 4) is 5.75 Å². The van der Waals surface area contributed by atoms with Crippen LogP contribution < -0.4 is 10.1 Å². The molecule has 0 saturated carbocycles. The summed E-state index contributed by atoms with van der Waals surface area (Å²) in [6.45, 7) is 7.83. The molecule has 112 valence electrons. The number of hydrogen-bond donors (Lipinski definition) is 1. The van der Waals surface area contributed by atoms with Gasteiger partial charge in [0.15, 0.2) is 0 Å². The average molecular weight is 277 g/mol. The van der Waals surface area contributed by atoms with Crippen LogP contribution in [0.15, 0.2) is 24.3 Å². The van der Waals surface area contributed by atoms with Crippen molar-refractivity contribution >= 4 is 0 Å². The van der Waals surface area contributed by atoms with Gasteiger partial charge in [0.05, 0.1) is 13.2 Å². The van der Waals surface area contributed by atoms with Crippen LogP contribution in [0.1, 0.15) is 44.6 Å². The molecule has 0 amide bonds. The molecule has 1 aliphatic rings. The van der Waals surface area contributed by atoms with E-state index in [0.29, 0.717) is 12.0 Å². The van der Waals surface area contributed by atoms with Gasteiger partial charge in [-0.05, 0) is 37.4 Å². The van der Waals surface area contributed by atoms with Gasteiger partial charge in [0.2, 0.25) is 0 Å². The Bertz CT molecular complexity index is 394. The third-order valence-corrected chi connectivity index (χ3v) is 3.79. The summed E-state index contributed by atoms with van der Waals surface area (Å²) in [7, 11) is 0. The van der Waals surface area contributed by atoms with E-state index in [4.69, 9.17) is 9.47 Å². The summed E-state index contributed by atoms with van der Waals surface area (Å²) in [6.07, 6.45) is 3.29. The van der Waals surface area contributed by atoms with E-state index in [2.05, 4.69) is 37.4 Å². The second kappa shape index (κ2) is 8.28. The topological polar surface area (TPSA) is 30.5 Å². The zero-order valence-electron chi connectivity index (χ0n) is 12.7.